The summed E-state index contributed by atoms with van der Waals surface area (Å²) in [5.41, 5.74) is 6.67. The fraction of sp³-hybridized carbons (Fsp3) is 0.667. The predicted octanol–water partition coefficient (Wildman–Crippen LogP) is 1.11. The van der Waals surface area contributed by atoms with Crippen LogP contribution in [0.25, 0.3) is 0 Å². The smallest absolute Gasteiger partial charge is 0.134 e. The molecule has 0 amide bonds. The first-order valence-electron chi connectivity index (χ1n) is 6.16. The van der Waals surface area contributed by atoms with Crippen LogP contribution in [0.3, 0.4) is 0 Å². The van der Waals surface area contributed by atoms with E-state index in [1.54, 1.807) is 0 Å². The van der Waals surface area contributed by atoms with Crippen molar-refractivity contribution in [2.45, 2.75) is 39.2 Å². The van der Waals surface area contributed by atoms with Gasteiger partial charge in [-0.15, -0.1) is 0 Å². The number of rotatable bonds is 5. The zero-order valence-corrected chi connectivity index (χ0v) is 10.4. The molecule has 0 radical (unpaired) electrons. The molecular formula is C12H20N4O. The van der Waals surface area contributed by atoms with Crippen LogP contribution in [0.15, 0.2) is 0 Å². The van der Waals surface area contributed by atoms with Crippen LogP contribution in [0, 0.1) is 12.8 Å². The van der Waals surface area contributed by atoms with Gasteiger partial charge in [0.15, 0.2) is 0 Å². The molecule has 1 atom stereocenters. The third kappa shape index (κ3) is 2.85. The van der Waals surface area contributed by atoms with Crippen LogP contribution in [0.4, 0.5) is 11.6 Å². The van der Waals surface area contributed by atoms with E-state index in [9.17, 15) is 5.11 Å². The molecule has 1 aromatic rings. The first kappa shape index (κ1) is 12.1. The van der Waals surface area contributed by atoms with Gasteiger partial charge in [0.05, 0.1) is 6.10 Å². The topological polar surface area (TPSA) is 84.1 Å². The summed E-state index contributed by atoms with van der Waals surface area (Å²) in [4.78, 5) is 8.58. The fourth-order valence-electron chi connectivity index (χ4n) is 1.76. The first-order chi connectivity index (χ1) is 8.11. The molecule has 94 valence electrons. The van der Waals surface area contributed by atoms with Crippen molar-refractivity contribution in [2.75, 3.05) is 17.6 Å². The number of hydrogen-bond donors (Lipinski definition) is 3. The second kappa shape index (κ2) is 4.87. The highest BCUT2D eigenvalue weighted by Crippen LogP contribution is 2.32. The number of nitrogens with two attached hydrogens (primary N) is 1. The lowest BCUT2D eigenvalue weighted by atomic mass is 10.2. The molecule has 1 aromatic heterocycles. The largest absolute Gasteiger partial charge is 0.391 e. The number of aliphatic hydroxyl groups excluding tert-OH is 1. The molecule has 1 unspecified atom stereocenters. The monoisotopic (exact) mass is 236 g/mol. The Morgan fingerprint density at radius 1 is 1.47 bits per heavy atom. The number of aliphatic hydroxyl groups is 1. The molecule has 4 N–H and O–H groups in total. The summed E-state index contributed by atoms with van der Waals surface area (Å²) in [6, 6.07) is 0. The van der Waals surface area contributed by atoms with Crippen LogP contribution < -0.4 is 11.1 Å². The van der Waals surface area contributed by atoms with Crippen molar-refractivity contribution >= 4 is 11.6 Å². The van der Waals surface area contributed by atoms with E-state index >= 15 is 0 Å². The Bertz CT molecular complexity index is 404. The molecule has 1 fully saturated rings. The van der Waals surface area contributed by atoms with E-state index in [1.165, 1.54) is 0 Å². The molecular weight excluding hydrogens is 216 g/mol. The van der Waals surface area contributed by atoms with Crippen molar-refractivity contribution in [3.63, 3.8) is 0 Å². The number of nitrogens with zero attached hydrogens (tertiary/aromatic N) is 2. The van der Waals surface area contributed by atoms with E-state index in [2.05, 4.69) is 15.3 Å². The van der Waals surface area contributed by atoms with E-state index in [1.807, 2.05) is 13.8 Å². The Hall–Kier alpha value is -1.36. The Kier molecular flexibility index (Phi) is 3.47. The molecule has 0 spiro atoms. The number of anilines is 2. The van der Waals surface area contributed by atoms with E-state index in [4.69, 9.17) is 5.73 Å². The van der Waals surface area contributed by atoms with Gasteiger partial charge in [0.1, 0.15) is 17.5 Å². The molecule has 1 saturated carbocycles. The lowest BCUT2D eigenvalue weighted by Crippen LogP contribution is -2.22. The normalized spacial score (nSPS) is 16.9. The van der Waals surface area contributed by atoms with Crippen LogP contribution in [0.5, 0.6) is 0 Å². The third-order valence-corrected chi connectivity index (χ3v) is 3.19. The zero-order valence-electron chi connectivity index (χ0n) is 10.4. The van der Waals surface area contributed by atoms with Gasteiger partial charge in [-0.05, 0) is 25.7 Å². The zero-order chi connectivity index (χ0) is 12.4. The van der Waals surface area contributed by atoms with Gasteiger partial charge in [-0.25, -0.2) is 9.97 Å². The Labute approximate surface area is 101 Å². The van der Waals surface area contributed by atoms with Gasteiger partial charge in [-0.2, -0.15) is 0 Å². The minimum absolute atomic E-state index is 0.282. The molecule has 1 aliphatic carbocycles. The highest BCUT2D eigenvalue weighted by Gasteiger charge is 2.29. The van der Waals surface area contributed by atoms with E-state index in [-0.39, 0.29) is 6.10 Å². The van der Waals surface area contributed by atoms with Crippen molar-refractivity contribution in [1.82, 2.24) is 9.97 Å². The van der Waals surface area contributed by atoms with Crippen molar-refractivity contribution in [1.29, 1.82) is 0 Å². The lowest BCUT2D eigenvalue weighted by Gasteiger charge is -2.14. The number of aryl methyl sites for hydroxylation is 1. The Morgan fingerprint density at radius 3 is 2.76 bits per heavy atom. The van der Waals surface area contributed by atoms with Gasteiger partial charge >= 0.3 is 0 Å². The van der Waals surface area contributed by atoms with Crippen molar-refractivity contribution in [3.05, 3.63) is 11.4 Å². The standard InChI is InChI=1S/C12H20N4O/c1-3-10-15-11(13)7(2)12(16-10)14-6-9(17)8-4-5-8/h8-9,17H,3-6H2,1-2H3,(H3,13,14,15,16). The van der Waals surface area contributed by atoms with Crippen molar-refractivity contribution in [3.8, 4) is 0 Å². The van der Waals surface area contributed by atoms with E-state index < -0.39 is 0 Å². The van der Waals surface area contributed by atoms with Gasteiger partial charge in [0.2, 0.25) is 0 Å². The van der Waals surface area contributed by atoms with Crippen LogP contribution in [0.2, 0.25) is 0 Å². The second-order valence-electron chi connectivity index (χ2n) is 4.64. The molecule has 1 aliphatic rings. The molecule has 0 aromatic carbocycles. The molecule has 1 heterocycles. The van der Waals surface area contributed by atoms with Crippen LogP contribution in [-0.2, 0) is 6.42 Å². The summed E-state index contributed by atoms with van der Waals surface area (Å²) < 4.78 is 0. The SMILES string of the molecule is CCc1nc(N)c(C)c(NCC(O)C2CC2)n1. The molecule has 0 bridgehead atoms. The van der Waals surface area contributed by atoms with E-state index in [0.717, 1.165) is 36.5 Å². The van der Waals surface area contributed by atoms with Gasteiger partial charge in [-0.1, -0.05) is 6.92 Å². The average Bonchev–Trinajstić information content (AvgIpc) is 3.14. The van der Waals surface area contributed by atoms with Crippen LogP contribution in [-0.4, -0.2) is 27.7 Å². The number of hydrogen-bond acceptors (Lipinski definition) is 5. The minimum Gasteiger partial charge on any atom is -0.391 e. The van der Waals surface area contributed by atoms with Crippen molar-refractivity contribution in [2.24, 2.45) is 5.92 Å². The predicted molar refractivity (Wildman–Crippen MR) is 67.8 cm³/mol. The summed E-state index contributed by atoms with van der Waals surface area (Å²) in [5.74, 6) is 2.46. The molecule has 0 aliphatic heterocycles. The highest BCUT2D eigenvalue weighted by molar-refractivity contribution is 5.54. The Balaban J connectivity index is 2.05. The number of nitrogens with one attached hydrogen (secondary N) is 1. The summed E-state index contributed by atoms with van der Waals surface area (Å²) in [7, 11) is 0. The maximum atomic E-state index is 9.80. The van der Waals surface area contributed by atoms with Crippen LogP contribution >= 0.6 is 0 Å². The molecule has 0 saturated heterocycles. The first-order valence-corrected chi connectivity index (χ1v) is 6.16. The average molecular weight is 236 g/mol. The summed E-state index contributed by atoms with van der Waals surface area (Å²) >= 11 is 0. The fourth-order valence-corrected chi connectivity index (χ4v) is 1.76. The number of nitrogen functional groups attached to an aromatic ring is 1. The van der Waals surface area contributed by atoms with Gasteiger partial charge in [-0.3, -0.25) is 0 Å². The van der Waals surface area contributed by atoms with Crippen molar-refractivity contribution < 1.29 is 5.11 Å². The maximum Gasteiger partial charge on any atom is 0.134 e. The summed E-state index contributed by atoms with van der Waals surface area (Å²) in [6.07, 6.45) is 2.74. The van der Waals surface area contributed by atoms with Gasteiger partial charge < -0.3 is 16.2 Å². The minimum atomic E-state index is -0.282. The second-order valence-corrected chi connectivity index (χ2v) is 4.64. The molecule has 5 nitrogen and oxygen atoms in total. The van der Waals surface area contributed by atoms with Gasteiger partial charge in [0, 0.05) is 18.5 Å². The molecule has 17 heavy (non-hydrogen) atoms. The number of aromatic nitrogens is 2. The Morgan fingerprint density at radius 2 is 2.18 bits per heavy atom. The highest BCUT2D eigenvalue weighted by atomic mass is 16.3. The maximum absolute atomic E-state index is 9.80. The molecule has 2 rings (SSSR count). The lowest BCUT2D eigenvalue weighted by molar-refractivity contribution is 0.164. The van der Waals surface area contributed by atoms with E-state index in [0.29, 0.717) is 18.3 Å². The van der Waals surface area contributed by atoms with Crippen LogP contribution in [0.1, 0.15) is 31.2 Å². The molecule has 5 heteroatoms. The summed E-state index contributed by atoms with van der Waals surface area (Å²) in [5, 5.41) is 13.0. The third-order valence-electron chi connectivity index (χ3n) is 3.19. The summed E-state index contributed by atoms with van der Waals surface area (Å²) in [6.45, 7) is 4.42. The van der Waals surface area contributed by atoms with Gasteiger partial charge in [0.25, 0.3) is 0 Å². The quantitative estimate of drug-likeness (QED) is 0.713.